The summed E-state index contributed by atoms with van der Waals surface area (Å²) >= 11 is 0. The van der Waals surface area contributed by atoms with Crippen LogP contribution in [0.1, 0.15) is 18.0 Å². The van der Waals surface area contributed by atoms with Crippen LogP contribution in [0.5, 0.6) is 23.0 Å². The molecule has 1 amide bonds. The molecule has 9 nitrogen and oxygen atoms in total. The fourth-order valence-electron chi connectivity index (χ4n) is 3.32. The lowest BCUT2D eigenvalue weighted by Crippen LogP contribution is -2.29. The van der Waals surface area contributed by atoms with Crippen molar-refractivity contribution in [2.45, 2.75) is 12.5 Å². The topological polar surface area (TPSA) is 96.7 Å². The van der Waals surface area contributed by atoms with E-state index in [0.717, 1.165) is 5.56 Å². The van der Waals surface area contributed by atoms with Crippen LogP contribution in [0.3, 0.4) is 0 Å². The van der Waals surface area contributed by atoms with Crippen molar-refractivity contribution in [2.24, 2.45) is 0 Å². The van der Waals surface area contributed by atoms with Crippen molar-refractivity contribution >= 4 is 11.9 Å². The largest absolute Gasteiger partial charge is 0.493 e. The zero-order valence-electron chi connectivity index (χ0n) is 16.7. The Labute approximate surface area is 173 Å². The molecule has 9 heteroatoms. The third kappa shape index (κ3) is 4.00. The highest BCUT2D eigenvalue weighted by atomic mass is 16.5. The van der Waals surface area contributed by atoms with Crippen molar-refractivity contribution in [1.82, 2.24) is 14.8 Å². The highest BCUT2D eigenvalue weighted by molar-refractivity contribution is 5.91. The minimum Gasteiger partial charge on any atom is -0.493 e. The maximum atomic E-state index is 12.0. The predicted molar refractivity (Wildman–Crippen MR) is 108 cm³/mol. The van der Waals surface area contributed by atoms with Gasteiger partial charge in [-0.25, -0.2) is 4.68 Å². The van der Waals surface area contributed by atoms with Gasteiger partial charge in [-0.3, -0.25) is 10.1 Å². The van der Waals surface area contributed by atoms with Crippen LogP contribution in [-0.2, 0) is 4.79 Å². The summed E-state index contributed by atoms with van der Waals surface area (Å²) in [5.41, 5.74) is 0.881. The first-order chi connectivity index (χ1) is 14.7. The Hall–Kier alpha value is -3.75. The van der Waals surface area contributed by atoms with E-state index in [2.05, 4.69) is 15.4 Å². The smallest absolute Gasteiger partial charge is 0.229 e. The summed E-state index contributed by atoms with van der Waals surface area (Å²) in [7, 11) is 3.18. The van der Waals surface area contributed by atoms with Crippen LogP contribution in [0.25, 0.3) is 0 Å². The Kier molecular flexibility index (Phi) is 5.69. The number of hydrogen-bond acceptors (Lipinski definition) is 7. The van der Waals surface area contributed by atoms with Crippen molar-refractivity contribution in [3.8, 4) is 23.0 Å². The summed E-state index contributed by atoms with van der Waals surface area (Å²) in [6.45, 7) is 0.670. The molecule has 0 spiro atoms. The van der Waals surface area contributed by atoms with E-state index in [1.807, 2.05) is 42.5 Å². The van der Waals surface area contributed by atoms with E-state index in [0.29, 0.717) is 42.2 Å². The number of benzene rings is 2. The van der Waals surface area contributed by atoms with E-state index in [-0.39, 0.29) is 18.4 Å². The molecule has 2 heterocycles. The molecule has 156 valence electrons. The number of ether oxygens (including phenoxy) is 4. The van der Waals surface area contributed by atoms with Crippen LogP contribution >= 0.6 is 0 Å². The van der Waals surface area contributed by atoms with Gasteiger partial charge in [0.2, 0.25) is 11.9 Å². The maximum absolute atomic E-state index is 12.0. The number of para-hydroxylation sites is 2. The molecule has 4 rings (SSSR count). The molecule has 0 fully saturated rings. The number of aromatic nitrogens is 3. The normalized spacial score (nSPS) is 15.1. The van der Waals surface area contributed by atoms with Crippen molar-refractivity contribution in [3.63, 3.8) is 0 Å². The predicted octanol–water partition coefficient (Wildman–Crippen LogP) is 2.68. The molecular formula is C21H22N4O5. The van der Waals surface area contributed by atoms with Gasteiger partial charge in [0.25, 0.3) is 0 Å². The third-order valence-electron chi connectivity index (χ3n) is 4.74. The van der Waals surface area contributed by atoms with Crippen molar-refractivity contribution in [2.75, 3.05) is 32.8 Å². The Balaban J connectivity index is 1.43. The number of carbonyl (C=O) groups excluding carboxylic acids is 1. The summed E-state index contributed by atoms with van der Waals surface area (Å²) in [5, 5.41) is 6.93. The van der Waals surface area contributed by atoms with E-state index in [9.17, 15) is 4.79 Å². The van der Waals surface area contributed by atoms with Crippen molar-refractivity contribution in [3.05, 3.63) is 54.4 Å². The summed E-state index contributed by atoms with van der Waals surface area (Å²) < 4.78 is 24.0. The number of carbonyl (C=O) groups is 1. The van der Waals surface area contributed by atoms with E-state index in [4.69, 9.17) is 18.9 Å². The molecular weight excluding hydrogens is 388 g/mol. The van der Waals surface area contributed by atoms with Crippen LogP contribution in [0.2, 0.25) is 0 Å². The molecule has 1 N–H and O–H groups in total. The highest BCUT2D eigenvalue weighted by Gasteiger charge is 2.28. The van der Waals surface area contributed by atoms with Crippen molar-refractivity contribution in [1.29, 1.82) is 0 Å². The lowest BCUT2D eigenvalue weighted by Gasteiger charge is -2.24. The van der Waals surface area contributed by atoms with Gasteiger partial charge in [0, 0.05) is 0 Å². The summed E-state index contributed by atoms with van der Waals surface area (Å²) in [6, 6.07) is 12.8. The fourth-order valence-corrected chi connectivity index (χ4v) is 3.32. The zero-order valence-corrected chi connectivity index (χ0v) is 16.7. The maximum Gasteiger partial charge on any atom is 0.229 e. The van der Waals surface area contributed by atoms with Gasteiger partial charge in [0.15, 0.2) is 23.0 Å². The number of amides is 1. The number of hydrogen-bond donors (Lipinski definition) is 1. The van der Waals surface area contributed by atoms with Crippen molar-refractivity contribution < 1.29 is 23.7 Å². The first kappa shape index (κ1) is 19.6. The van der Waals surface area contributed by atoms with E-state index < -0.39 is 0 Å². The van der Waals surface area contributed by atoms with Gasteiger partial charge >= 0.3 is 0 Å². The number of methoxy groups -OCH3 is 2. The summed E-state index contributed by atoms with van der Waals surface area (Å²) in [5.74, 6) is 2.81. The van der Waals surface area contributed by atoms with Gasteiger partial charge in [0.05, 0.1) is 26.7 Å². The number of anilines is 1. The Morgan fingerprint density at radius 2 is 1.70 bits per heavy atom. The average Bonchev–Trinajstić information content (AvgIpc) is 3.24. The zero-order chi connectivity index (χ0) is 20.9. The third-order valence-corrected chi connectivity index (χ3v) is 4.74. The number of rotatable bonds is 8. The monoisotopic (exact) mass is 410 g/mol. The number of fused-ring (bicyclic) bond motifs is 1. The Bertz CT molecular complexity index is 1040. The SMILES string of the molecule is COc1ccccc1OCCOc1ccc([C@H]2CC(=O)Nc3ncnn32)cc1OC. The minimum atomic E-state index is -0.256. The second-order valence-electron chi connectivity index (χ2n) is 6.55. The first-order valence-corrected chi connectivity index (χ1v) is 9.45. The van der Waals surface area contributed by atoms with Crippen LogP contribution in [0, 0.1) is 0 Å². The lowest BCUT2D eigenvalue weighted by molar-refractivity contribution is -0.117. The molecule has 0 saturated heterocycles. The van der Waals surface area contributed by atoms with Crippen LogP contribution < -0.4 is 24.3 Å². The van der Waals surface area contributed by atoms with Gasteiger partial charge in [-0.2, -0.15) is 10.1 Å². The quantitative estimate of drug-likeness (QED) is 0.570. The summed E-state index contributed by atoms with van der Waals surface area (Å²) in [6.07, 6.45) is 1.69. The van der Waals surface area contributed by atoms with E-state index in [1.54, 1.807) is 18.9 Å². The molecule has 1 aliphatic heterocycles. The number of nitrogens with one attached hydrogen (secondary N) is 1. The minimum absolute atomic E-state index is 0.103. The number of nitrogens with zero attached hydrogens (tertiary/aromatic N) is 3. The molecule has 0 unspecified atom stereocenters. The fraction of sp³-hybridized carbons (Fsp3) is 0.286. The van der Waals surface area contributed by atoms with E-state index >= 15 is 0 Å². The Morgan fingerprint density at radius 1 is 1.00 bits per heavy atom. The first-order valence-electron chi connectivity index (χ1n) is 9.45. The molecule has 3 aromatic rings. The molecule has 0 radical (unpaired) electrons. The van der Waals surface area contributed by atoms with E-state index in [1.165, 1.54) is 6.33 Å². The molecule has 0 bridgehead atoms. The van der Waals surface area contributed by atoms with Gasteiger partial charge < -0.3 is 18.9 Å². The van der Waals surface area contributed by atoms with Gasteiger partial charge in [-0.15, -0.1) is 0 Å². The summed E-state index contributed by atoms with van der Waals surface area (Å²) in [4.78, 5) is 16.1. The molecule has 1 aromatic heterocycles. The van der Waals surface area contributed by atoms with Gasteiger partial charge in [0.1, 0.15) is 19.5 Å². The van der Waals surface area contributed by atoms with Crippen LogP contribution in [0.4, 0.5) is 5.95 Å². The molecule has 0 aliphatic carbocycles. The molecule has 1 atom stereocenters. The molecule has 30 heavy (non-hydrogen) atoms. The second kappa shape index (κ2) is 8.73. The van der Waals surface area contributed by atoms with Crippen LogP contribution in [0.15, 0.2) is 48.8 Å². The van der Waals surface area contributed by atoms with Gasteiger partial charge in [-0.05, 0) is 29.8 Å². The standard InChI is InChI=1S/C21H22N4O5/c1-27-16-5-3-4-6-17(16)29-9-10-30-18-8-7-14(11-19(18)28-2)15-12-20(26)24-21-22-13-23-25(15)21/h3-8,11,13,15H,9-10,12H2,1-2H3,(H,22,23,24,26)/t15-/m1/s1. The highest BCUT2D eigenvalue weighted by Crippen LogP contribution is 2.35. The molecule has 1 aliphatic rings. The Morgan fingerprint density at radius 3 is 2.43 bits per heavy atom. The molecule has 2 aromatic carbocycles. The van der Waals surface area contributed by atoms with Crippen LogP contribution in [-0.4, -0.2) is 48.1 Å². The van der Waals surface area contributed by atoms with Gasteiger partial charge in [-0.1, -0.05) is 18.2 Å². The average molecular weight is 410 g/mol. The second-order valence-corrected chi connectivity index (χ2v) is 6.55. The lowest BCUT2D eigenvalue weighted by atomic mass is 10.0. The molecule has 0 saturated carbocycles.